The number of nitrogens with zero attached hydrogens (tertiary/aromatic N) is 2. The molecule has 1 aliphatic heterocycles. The summed E-state index contributed by atoms with van der Waals surface area (Å²) in [6.45, 7) is -1.09. The lowest BCUT2D eigenvalue weighted by Crippen LogP contribution is -2.56. The van der Waals surface area contributed by atoms with Crippen molar-refractivity contribution >= 4 is 29.3 Å². The van der Waals surface area contributed by atoms with Crippen LogP contribution in [0.2, 0.25) is 5.02 Å². The minimum absolute atomic E-state index is 0.000785. The Morgan fingerprint density at radius 3 is 2.80 bits per heavy atom. The third-order valence-corrected chi connectivity index (χ3v) is 3.71. The summed E-state index contributed by atoms with van der Waals surface area (Å²) < 4.78 is 50.3. The smallest absolute Gasteiger partial charge is 0.426 e. The first-order valence-corrected chi connectivity index (χ1v) is 7.03. The highest BCUT2D eigenvalue weighted by molar-refractivity contribution is 6.30. The van der Waals surface area contributed by atoms with Gasteiger partial charge in [-0.15, -0.1) is 0 Å². The zero-order chi connectivity index (χ0) is 18.2. The van der Waals surface area contributed by atoms with Crippen molar-refractivity contribution in [1.82, 2.24) is 15.6 Å². The summed E-state index contributed by atoms with van der Waals surface area (Å²) in [6, 6.07) is 3.53. The van der Waals surface area contributed by atoms with Crippen molar-refractivity contribution in [3.8, 4) is 0 Å². The van der Waals surface area contributed by atoms with Crippen LogP contribution in [0.25, 0.3) is 0 Å². The van der Waals surface area contributed by atoms with E-state index in [0.29, 0.717) is 0 Å². The number of alkyl halides is 3. The number of aromatic nitrogens is 2. The molecule has 1 aromatic heterocycles. The molecule has 2 heterocycles. The van der Waals surface area contributed by atoms with Gasteiger partial charge in [0.1, 0.15) is 6.20 Å². The molecule has 1 unspecified atom stereocenters. The van der Waals surface area contributed by atoms with E-state index in [1.54, 1.807) is 0 Å². The van der Waals surface area contributed by atoms with Crippen LogP contribution in [0.15, 0.2) is 29.0 Å². The second-order valence-electron chi connectivity index (χ2n) is 5.00. The van der Waals surface area contributed by atoms with Gasteiger partial charge in [-0.25, -0.2) is 9.42 Å². The normalized spacial score (nSPS) is 19.6. The predicted molar refractivity (Wildman–Crippen MR) is 75.9 cm³/mol. The highest BCUT2D eigenvalue weighted by atomic mass is 35.5. The summed E-state index contributed by atoms with van der Waals surface area (Å²) in [6.07, 6.45) is -5.43. The quantitative estimate of drug-likeness (QED) is 0.852. The first-order valence-electron chi connectivity index (χ1n) is 6.65. The lowest BCUT2D eigenvalue weighted by molar-refractivity contribution is -0.261. The topological polar surface area (TPSA) is 106 Å². The highest BCUT2D eigenvalue weighted by Gasteiger charge is 2.62. The first kappa shape index (κ1) is 17.0. The maximum absolute atomic E-state index is 13.8. The Labute approximate surface area is 142 Å². The molecule has 1 aromatic carbocycles. The Kier molecular flexibility index (Phi) is 4.03. The summed E-state index contributed by atoms with van der Waals surface area (Å²) in [4.78, 5) is 23.5. The maximum Gasteiger partial charge on any atom is 0.434 e. The van der Waals surface area contributed by atoms with Crippen LogP contribution in [0.3, 0.4) is 0 Å². The predicted octanol–water partition coefficient (Wildman–Crippen LogP) is 2.47. The zero-order valence-electron chi connectivity index (χ0n) is 12.1. The van der Waals surface area contributed by atoms with E-state index >= 15 is 0 Å². The zero-order valence-corrected chi connectivity index (χ0v) is 12.8. The van der Waals surface area contributed by atoms with E-state index < -0.39 is 35.9 Å². The number of hydrogen-bond acceptors (Lipinski definition) is 6. The molecule has 2 aromatic rings. The van der Waals surface area contributed by atoms with Crippen LogP contribution < -0.4 is 10.6 Å². The van der Waals surface area contributed by atoms with Crippen LogP contribution in [0.4, 0.5) is 23.7 Å². The molecule has 1 atom stereocenters. The minimum Gasteiger partial charge on any atom is -0.426 e. The van der Waals surface area contributed by atoms with Gasteiger partial charge < -0.3 is 10.1 Å². The van der Waals surface area contributed by atoms with Gasteiger partial charge in [0.2, 0.25) is 0 Å². The molecule has 25 heavy (non-hydrogen) atoms. The fraction of sp³-hybridized carbons (Fsp3) is 0.231. The number of carbonyl (C=O) groups is 2. The van der Waals surface area contributed by atoms with Crippen LogP contribution in [-0.4, -0.2) is 35.0 Å². The van der Waals surface area contributed by atoms with E-state index in [2.05, 4.69) is 25.0 Å². The van der Waals surface area contributed by atoms with Gasteiger partial charge in [0, 0.05) is 10.6 Å². The molecule has 1 aliphatic rings. The second kappa shape index (κ2) is 5.92. The summed E-state index contributed by atoms with van der Waals surface area (Å²) in [5.74, 6) is -0.983. The Balaban J connectivity index is 2.01. The number of nitrogens with one attached hydrogen (secondary N) is 2. The lowest BCUT2D eigenvalue weighted by Gasteiger charge is -2.39. The van der Waals surface area contributed by atoms with E-state index in [0.717, 1.165) is 12.3 Å². The van der Waals surface area contributed by atoms with E-state index in [9.17, 15) is 22.8 Å². The molecule has 3 rings (SSSR count). The van der Waals surface area contributed by atoms with Crippen molar-refractivity contribution in [2.45, 2.75) is 11.8 Å². The molecule has 12 heteroatoms. The molecule has 132 valence electrons. The number of hydrogen-bond donors (Lipinski definition) is 2. The van der Waals surface area contributed by atoms with Gasteiger partial charge in [0.05, 0.1) is 12.2 Å². The largest absolute Gasteiger partial charge is 0.434 e. The lowest BCUT2D eigenvalue weighted by atomic mass is 9.89. The molecule has 0 spiro atoms. The molecule has 0 saturated heterocycles. The van der Waals surface area contributed by atoms with E-state index in [4.69, 9.17) is 11.6 Å². The van der Waals surface area contributed by atoms with Gasteiger partial charge >= 0.3 is 12.3 Å². The summed E-state index contributed by atoms with van der Waals surface area (Å²) in [5, 5.41) is 10.6. The van der Waals surface area contributed by atoms with Crippen LogP contribution >= 0.6 is 11.6 Å². The van der Waals surface area contributed by atoms with Gasteiger partial charge in [-0.2, -0.15) is 13.2 Å². The molecule has 0 bridgehead atoms. The molecule has 0 radical (unpaired) electrons. The first-order chi connectivity index (χ1) is 11.7. The number of halogens is 4. The van der Waals surface area contributed by atoms with Crippen molar-refractivity contribution in [2.75, 3.05) is 11.9 Å². The Morgan fingerprint density at radius 2 is 2.16 bits per heavy atom. The van der Waals surface area contributed by atoms with Crippen LogP contribution in [-0.2, 0) is 10.3 Å². The number of ether oxygens (including phenoxy) is 1. The number of benzene rings is 1. The fourth-order valence-corrected chi connectivity index (χ4v) is 2.48. The van der Waals surface area contributed by atoms with Crippen molar-refractivity contribution in [3.05, 3.63) is 40.7 Å². The average Bonchev–Trinajstić information content (AvgIpc) is 3.06. The monoisotopic (exact) mass is 376 g/mol. The third-order valence-electron chi connectivity index (χ3n) is 3.47. The third kappa shape index (κ3) is 2.97. The fourth-order valence-electron chi connectivity index (χ4n) is 2.31. The molecule has 0 saturated carbocycles. The van der Waals surface area contributed by atoms with Crippen molar-refractivity contribution in [2.24, 2.45) is 0 Å². The van der Waals surface area contributed by atoms with Gasteiger partial charge in [0.15, 0.2) is 5.69 Å². The number of cyclic esters (lactones) is 1. The van der Waals surface area contributed by atoms with Crippen molar-refractivity contribution < 1.29 is 32.1 Å². The Morgan fingerprint density at radius 1 is 1.40 bits per heavy atom. The average molecular weight is 377 g/mol. The minimum atomic E-state index is -5.04. The molecule has 8 nitrogen and oxygen atoms in total. The van der Waals surface area contributed by atoms with E-state index in [-0.39, 0.29) is 16.4 Å². The molecule has 0 fully saturated rings. The van der Waals surface area contributed by atoms with Gasteiger partial charge in [-0.1, -0.05) is 16.8 Å². The maximum atomic E-state index is 13.8. The molecule has 2 amide bonds. The number of carbonyl (C=O) groups excluding carboxylic acids is 2. The standard InChI is InChI=1S/C13H8ClF3N4O4/c14-6-1-2-8-7(3-6)12(13(15,16)17,24-11(23)20-8)5-18-10(22)9-4-19-25-21-9/h1-4H,5H2,(H,18,22)(H,20,23). The van der Waals surface area contributed by atoms with Crippen LogP contribution in [0, 0.1) is 0 Å². The van der Waals surface area contributed by atoms with Gasteiger partial charge in [-0.05, 0) is 23.4 Å². The summed E-state index contributed by atoms with van der Waals surface area (Å²) in [7, 11) is 0. The van der Waals surface area contributed by atoms with Crippen molar-refractivity contribution in [1.29, 1.82) is 0 Å². The highest BCUT2D eigenvalue weighted by Crippen LogP contribution is 2.47. The van der Waals surface area contributed by atoms with Gasteiger partial charge in [-0.3, -0.25) is 10.1 Å². The molecule has 0 aliphatic carbocycles. The van der Waals surface area contributed by atoms with Crippen molar-refractivity contribution in [3.63, 3.8) is 0 Å². The Hall–Kier alpha value is -2.82. The van der Waals surface area contributed by atoms with Gasteiger partial charge in [0.25, 0.3) is 11.5 Å². The molecule has 2 N–H and O–H groups in total. The number of rotatable bonds is 3. The van der Waals surface area contributed by atoms with E-state index in [1.165, 1.54) is 12.1 Å². The SMILES string of the molecule is O=C1Nc2ccc(Cl)cc2C(CNC(=O)c2cnon2)(C(F)(F)F)O1. The van der Waals surface area contributed by atoms with E-state index in [1.807, 2.05) is 5.32 Å². The van der Waals surface area contributed by atoms with Crippen LogP contribution in [0.1, 0.15) is 16.1 Å². The number of anilines is 1. The second-order valence-corrected chi connectivity index (χ2v) is 5.44. The number of amides is 2. The summed E-state index contributed by atoms with van der Waals surface area (Å²) in [5.41, 5.74) is -4.02. The van der Waals surface area contributed by atoms with Crippen LogP contribution in [0.5, 0.6) is 0 Å². The molecular weight excluding hydrogens is 369 g/mol. The number of fused-ring (bicyclic) bond motifs is 1. The summed E-state index contributed by atoms with van der Waals surface area (Å²) >= 11 is 5.78. The Bertz CT molecular complexity index is 827. The molecular formula is C13H8ClF3N4O4.